The number of carbonyl (C=O) groups is 1. The van der Waals surface area contributed by atoms with E-state index in [1.54, 1.807) is 6.08 Å². The number of allylic oxidation sites excluding steroid dienone is 8. The SMILES string of the molecule is C=C1CC(/C=C\C(=C/C)N2C[C@H](C)CC(=C)[C@H](C)C2)=NC(c2cccc(C(C)=C=C(C)/C(C)=C\C)c2)=CC1=O. The summed E-state index contributed by atoms with van der Waals surface area (Å²) in [4.78, 5) is 20.3. The molecule has 1 saturated heterocycles. The largest absolute Gasteiger partial charge is 0.371 e. The number of nitrogens with zero attached hydrogens (tertiary/aromatic N) is 2. The first-order valence-electron chi connectivity index (χ1n) is 14.0. The Morgan fingerprint density at radius 1 is 1.10 bits per heavy atom. The highest BCUT2D eigenvalue weighted by Gasteiger charge is 2.22. The molecule has 0 saturated carbocycles. The van der Waals surface area contributed by atoms with Gasteiger partial charge in [-0.2, -0.15) is 0 Å². The van der Waals surface area contributed by atoms with E-state index in [-0.39, 0.29) is 5.78 Å². The number of rotatable bonds is 6. The zero-order valence-electron chi connectivity index (χ0n) is 24.9. The van der Waals surface area contributed by atoms with E-state index >= 15 is 0 Å². The van der Waals surface area contributed by atoms with Gasteiger partial charge in [0.2, 0.25) is 0 Å². The Balaban J connectivity index is 1.95. The molecule has 2 atom stereocenters. The number of hydrogen-bond acceptors (Lipinski definition) is 3. The van der Waals surface area contributed by atoms with Crippen LogP contribution in [-0.4, -0.2) is 29.5 Å². The fraction of sp³-hybridized carbons (Fsp3) is 0.361. The molecule has 2 aliphatic heterocycles. The minimum absolute atomic E-state index is 0.0748. The number of benzene rings is 1. The minimum Gasteiger partial charge on any atom is -0.371 e. The van der Waals surface area contributed by atoms with Crippen LogP contribution in [0.15, 0.2) is 107 Å². The predicted molar refractivity (Wildman–Crippen MR) is 168 cm³/mol. The lowest BCUT2D eigenvalue weighted by molar-refractivity contribution is -0.111. The van der Waals surface area contributed by atoms with Crippen LogP contribution in [0.5, 0.6) is 0 Å². The molecule has 0 radical (unpaired) electrons. The molecule has 2 aliphatic rings. The van der Waals surface area contributed by atoms with Crippen LogP contribution in [0, 0.1) is 11.8 Å². The van der Waals surface area contributed by atoms with E-state index in [0.717, 1.165) is 47.5 Å². The number of aliphatic imine (C=N–C) groups is 1. The van der Waals surface area contributed by atoms with Gasteiger partial charge in [-0.3, -0.25) is 9.79 Å². The smallest absolute Gasteiger partial charge is 0.183 e. The molecule has 0 aromatic heterocycles. The zero-order chi connectivity index (χ0) is 28.7. The van der Waals surface area contributed by atoms with E-state index in [4.69, 9.17) is 4.99 Å². The molecule has 204 valence electrons. The molecule has 0 N–H and O–H groups in total. The van der Waals surface area contributed by atoms with Gasteiger partial charge in [0.25, 0.3) is 0 Å². The van der Waals surface area contributed by atoms with Crippen molar-refractivity contribution in [3.8, 4) is 0 Å². The van der Waals surface area contributed by atoms with Gasteiger partial charge in [-0.1, -0.05) is 62.9 Å². The fourth-order valence-electron chi connectivity index (χ4n) is 4.98. The van der Waals surface area contributed by atoms with E-state index < -0.39 is 0 Å². The molecule has 1 aromatic rings. The Bertz CT molecular complexity index is 1370. The second kappa shape index (κ2) is 13.4. The third-order valence-corrected chi connectivity index (χ3v) is 7.71. The van der Waals surface area contributed by atoms with Crippen molar-refractivity contribution in [2.75, 3.05) is 13.1 Å². The van der Waals surface area contributed by atoms with Crippen LogP contribution in [0.1, 0.15) is 72.4 Å². The van der Waals surface area contributed by atoms with Gasteiger partial charge in [-0.15, -0.1) is 5.73 Å². The summed E-state index contributed by atoms with van der Waals surface area (Å²) in [6, 6.07) is 8.18. The highest BCUT2D eigenvalue weighted by atomic mass is 16.1. The molecule has 0 spiro atoms. The quantitative estimate of drug-likeness (QED) is 0.162. The van der Waals surface area contributed by atoms with Crippen molar-refractivity contribution < 1.29 is 4.79 Å². The molecule has 3 nitrogen and oxygen atoms in total. The Labute approximate surface area is 236 Å². The van der Waals surface area contributed by atoms with Gasteiger partial charge in [0.15, 0.2) is 5.78 Å². The van der Waals surface area contributed by atoms with Gasteiger partial charge < -0.3 is 4.90 Å². The summed E-state index contributed by atoms with van der Waals surface area (Å²) in [5.74, 6) is 0.929. The van der Waals surface area contributed by atoms with Crippen molar-refractivity contribution in [3.63, 3.8) is 0 Å². The van der Waals surface area contributed by atoms with Gasteiger partial charge in [-0.25, -0.2) is 0 Å². The molecule has 1 fully saturated rings. The van der Waals surface area contributed by atoms with Crippen LogP contribution in [0.2, 0.25) is 0 Å². The molecule has 3 heteroatoms. The Morgan fingerprint density at radius 3 is 2.54 bits per heavy atom. The number of ketones is 1. The molecule has 3 rings (SSSR count). The summed E-state index contributed by atoms with van der Waals surface area (Å²) < 4.78 is 0. The zero-order valence-corrected chi connectivity index (χ0v) is 24.9. The van der Waals surface area contributed by atoms with E-state index in [1.807, 2.05) is 25.1 Å². The molecular formula is C36H44N2O. The lowest BCUT2D eigenvalue weighted by Crippen LogP contribution is -2.28. The molecule has 2 heterocycles. The van der Waals surface area contributed by atoms with E-state index in [2.05, 4.69) is 95.7 Å². The molecule has 0 aliphatic carbocycles. The van der Waals surface area contributed by atoms with Crippen molar-refractivity contribution in [2.24, 2.45) is 16.8 Å². The van der Waals surface area contributed by atoms with Crippen molar-refractivity contribution in [2.45, 2.75) is 61.3 Å². The monoisotopic (exact) mass is 520 g/mol. The van der Waals surface area contributed by atoms with Gasteiger partial charge in [-0.05, 0) is 98.9 Å². The van der Waals surface area contributed by atoms with Gasteiger partial charge in [0, 0.05) is 42.6 Å². The van der Waals surface area contributed by atoms with E-state index in [0.29, 0.717) is 29.5 Å². The van der Waals surface area contributed by atoms with E-state index in [1.165, 1.54) is 16.8 Å². The molecule has 0 unspecified atom stereocenters. The van der Waals surface area contributed by atoms with Crippen molar-refractivity contribution in [3.05, 3.63) is 113 Å². The van der Waals surface area contributed by atoms with Gasteiger partial charge in [0.1, 0.15) is 0 Å². The molecule has 0 bridgehead atoms. The number of likely N-dealkylation sites (tertiary alicyclic amines) is 1. The van der Waals surface area contributed by atoms with Crippen LogP contribution in [0.3, 0.4) is 0 Å². The Morgan fingerprint density at radius 2 is 1.85 bits per heavy atom. The molecule has 0 amide bonds. The van der Waals surface area contributed by atoms with Crippen molar-refractivity contribution >= 4 is 22.8 Å². The first-order chi connectivity index (χ1) is 18.5. The highest BCUT2D eigenvalue weighted by Crippen LogP contribution is 2.28. The molecular weight excluding hydrogens is 476 g/mol. The average molecular weight is 521 g/mol. The van der Waals surface area contributed by atoms with Crippen molar-refractivity contribution in [1.29, 1.82) is 0 Å². The topological polar surface area (TPSA) is 32.7 Å². The Kier molecular flexibility index (Phi) is 10.3. The normalized spacial score (nSPS) is 21.3. The summed E-state index contributed by atoms with van der Waals surface area (Å²) in [6.45, 7) is 25.2. The Hall–Kier alpha value is -3.68. The fourth-order valence-corrected chi connectivity index (χ4v) is 4.98. The van der Waals surface area contributed by atoms with E-state index in [9.17, 15) is 4.79 Å². The minimum atomic E-state index is -0.0748. The maximum Gasteiger partial charge on any atom is 0.183 e. The summed E-state index contributed by atoms with van der Waals surface area (Å²) >= 11 is 0. The standard InChI is InChI=1S/C36H44N2O/c1-10-25(4)27(6)18-28(7)31-13-12-14-32(20-31)35-21-36(39)29(8)19-33(37-35)15-16-34(11-2)38-22-24(3)17-26(5)30(9)23-38/h10-16,20-21,24,30H,5,8,17,19,22-23H2,1-4,6-7,9H3/b16-15-,25-10-,34-11+/t18?,24-,30-/m1/s1. The average Bonchev–Trinajstić information content (AvgIpc) is 3.13. The van der Waals surface area contributed by atoms with Crippen LogP contribution in [0.25, 0.3) is 11.3 Å². The predicted octanol–water partition coefficient (Wildman–Crippen LogP) is 8.91. The van der Waals surface area contributed by atoms with Gasteiger partial charge in [0.05, 0.1) is 5.70 Å². The summed E-state index contributed by atoms with van der Waals surface area (Å²) in [5, 5.41) is 0. The second-order valence-corrected chi connectivity index (χ2v) is 11.0. The maximum absolute atomic E-state index is 12.9. The number of carbonyl (C=O) groups excluding carboxylic acids is 1. The maximum atomic E-state index is 12.9. The summed E-state index contributed by atoms with van der Waals surface area (Å²) in [5.41, 5.74) is 13.4. The van der Waals surface area contributed by atoms with Crippen LogP contribution in [0.4, 0.5) is 0 Å². The lowest BCUT2D eigenvalue weighted by atomic mass is 9.96. The van der Waals surface area contributed by atoms with Gasteiger partial charge >= 0.3 is 0 Å². The lowest BCUT2D eigenvalue weighted by Gasteiger charge is -2.27. The highest BCUT2D eigenvalue weighted by molar-refractivity contribution is 6.15. The third kappa shape index (κ3) is 7.91. The van der Waals surface area contributed by atoms with Crippen molar-refractivity contribution in [1.82, 2.24) is 4.90 Å². The van der Waals surface area contributed by atoms with Crippen LogP contribution < -0.4 is 0 Å². The third-order valence-electron chi connectivity index (χ3n) is 7.71. The molecule has 1 aromatic carbocycles. The number of hydrogen-bond donors (Lipinski definition) is 0. The first kappa shape index (κ1) is 29.9. The second-order valence-electron chi connectivity index (χ2n) is 11.0. The summed E-state index contributed by atoms with van der Waals surface area (Å²) in [7, 11) is 0. The first-order valence-corrected chi connectivity index (χ1v) is 14.0. The van der Waals surface area contributed by atoms with Crippen LogP contribution >= 0.6 is 0 Å². The van der Waals surface area contributed by atoms with Crippen LogP contribution in [-0.2, 0) is 4.79 Å². The summed E-state index contributed by atoms with van der Waals surface area (Å²) in [6.07, 6.45) is 11.5. The molecule has 39 heavy (non-hydrogen) atoms.